The van der Waals surface area contributed by atoms with Crippen LogP contribution in [0.15, 0.2) is 0 Å². The number of halogens is 3. The number of nitrogens with zero attached hydrogens (tertiary/aromatic N) is 2. The zero-order chi connectivity index (χ0) is 19.3. The first-order valence-electron chi connectivity index (χ1n) is 10.7. The van der Waals surface area contributed by atoms with E-state index in [1.807, 2.05) is 0 Å². The maximum atomic E-state index is 12.5. The summed E-state index contributed by atoms with van der Waals surface area (Å²) in [7, 11) is 0. The van der Waals surface area contributed by atoms with Crippen molar-refractivity contribution in [2.45, 2.75) is 78.4 Å². The molecule has 0 spiro atoms. The van der Waals surface area contributed by atoms with Gasteiger partial charge in [0.1, 0.15) is 0 Å². The van der Waals surface area contributed by atoms with Crippen molar-refractivity contribution >= 4 is 0 Å². The fourth-order valence-electron chi connectivity index (χ4n) is 4.94. The van der Waals surface area contributed by atoms with Gasteiger partial charge in [0, 0.05) is 6.04 Å². The monoisotopic (exact) mass is 376 g/mol. The number of hydrogen-bond acceptors (Lipinski definition) is 2. The van der Waals surface area contributed by atoms with Crippen LogP contribution in [0.25, 0.3) is 0 Å². The fourth-order valence-corrected chi connectivity index (χ4v) is 4.94. The Kier molecular flexibility index (Phi) is 8.27. The van der Waals surface area contributed by atoms with Crippen LogP contribution in [0.5, 0.6) is 0 Å². The molecule has 2 atom stereocenters. The maximum Gasteiger partial charge on any atom is 0.401 e. The van der Waals surface area contributed by atoms with E-state index in [0.29, 0.717) is 31.0 Å². The van der Waals surface area contributed by atoms with Crippen LogP contribution in [-0.4, -0.2) is 54.7 Å². The van der Waals surface area contributed by atoms with Crippen molar-refractivity contribution in [3.63, 3.8) is 0 Å². The number of rotatable bonds is 7. The van der Waals surface area contributed by atoms with Crippen LogP contribution >= 0.6 is 0 Å². The predicted molar refractivity (Wildman–Crippen MR) is 102 cm³/mol. The van der Waals surface area contributed by atoms with E-state index in [4.69, 9.17) is 0 Å². The second-order valence-electron chi connectivity index (χ2n) is 9.23. The third kappa shape index (κ3) is 7.03. The van der Waals surface area contributed by atoms with Gasteiger partial charge in [-0.25, -0.2) is 0 Å². The fraction of sp³-hybridized carbons (Fsp3) is 1.00. The van der Waals surface area contributed by atoms with E-state index in [0.717, 1.165) is 24.7 Å². The molecule has 0 aliphatic carbocycles. The second kappa shape index (κ2) is 9.77. The van der Waals surface area contributed by atoms with Crippen molar-refractivity contribution in [1.29, 1.82) is 0 Å². The molecule has 2 aliphatic heterocycles. The number of piperidine rings is 2. The molecule has 2 rings (SSSR count). The number of alkyl halides is 3. The summed E-state index contributed by atoms with van der Waals surface area (Å²) in [4.78, 5) is 4.16. The van der Waals surface area contributed by atoms with Crippen LogP contribution in [-0.2, 0) is 0 Å². The van der Waals surface area contributed by atoms with Crippen molar-refractivity contribution in [2.24, 2.45) is 23.7 Å². The van der Waals surface area contributed by atoms with Crippen LogP contribution in [0, 0.1) is 23.7 Å². The quantitative estimate of drug-likeness (QED) is 0.584. The molecule has 2 heterocycles. The summed E-state index contributed by atoms with van der Waals surface area (Å²) < 4.78 is 37.5. The molecule has 26 heavy (non-hydrogen) atoms. The van der Waals surface area contributed by atoms with Crippen LogP contribution in [0.2, 0.25) is 0 Å². The van der Waals surface area contributed by atoms with Gasteiger partial charge in [-0.05, 0) is 89.4 Å². The highest BCUT2D eigenvalue weighted by atomic mass is 19.4. The van der Waals surface area contributed by atoms with Gasteiger partial charge in [-0.1, -0.05) is 26.7 Å². The summed E-state index contributed by atoms with van der Waals surface area (Å²) in [6.45, 7) is 12.2. The van der Waals surface area contributed by atoms with E-state index >= 15 is 0 Å². The van der Waals surface area contributed by atoms with Crippen molar-refractivity contribution in [3.8, 4) is 0 Å². The lowest BCUT2D eigenvalue weighted by Crippen LogP contribution is -2.41. The molecule has 2 fully saturated rings. The zero-order valence-electron chi connectivity index (χ0n) is 17.2. The van der Waals surface area contributed by atoms with Crippen LogP contribution in [0.1, 0.15) is 66.2 Å². The molecule has 0 saturated carbocycles. The average molecular weight is 377 g/mol. The Morgan fingerprint density at radius 3 is 1.58 bits per heavy atom. The van der Waals surface area contributed by atoms with E-state index in [-0.39, 0.29) is 0 Å². The summed E-state index contributed by atoms with van der Waals surface area (Å²) in [5, 5.41) is 0. The molecule has 0 N–H and O–H groups in total. The standard InChI is InChI=1S/C21H39F3N2/c1-16(2)26-13-9-20(10-14-26)18(4)6-5-17(3)19-7-11-25(12-8-19)15-21(22,23)24/h16-20H,5-15H2,1-4H3. The lowest BCUT2D eigenvalue weighted by molar-refractivity contribution is -0.149. The number of hydrogen-bond donors (Lipinski definition) is 0. The van der Waals surface area contributed by atoms with Gasteiger partial charge in [0.15, 0.2) is 0 Å². The first kappa shape index (κ1) is 22.0. The van der Waals surface area contributed by atoms with Crippen molar-refractivity contribution in [1.82, 2.24) is 9.80 Å². The van der Waals surface area contributed by atoms with Gasteiger partial charge < -0.3 is 4.90 Å². The van der Waals surface area contributed by atoms with E-state index in [2.05, 4.69) is 32.6 Å². The van der Waals surface area contributed by atoms with Gasteiger partial charge >= 0.3 is 6.18 Å². The molecular formula is C21H39F3N2. The van der Waals surface area contributed by atoms with Gasteiger partial charge in [0.2, 0.25) is 0 Å². The minimum Gasteiger partial charge on any atom is -0.301 e. The van der Waals surface area contributed by atoms with Crippen LogP contribution < -0.4 is 0 Å². The summed E-state index contributed by atoms with van der Waals surface area (Å²) >= 11 is 0. The first-order chi connectivity index (χ1) is 12.2. The largest absolute Gasteiger partial charge is 0.401 e. The maximum absolute atomic E-state index is 12.5. The van der Waals surface area contributed by atoms with Crippen molar-refractivity contribution < 1.29 is 13.2 Å². The van der Waals surface area contributed by atoms with E-state index in [9.17, 15) is 13.2 Å². The van der Waals surface area contributed by atoms with Gasteiger partial charge in [0.25, 0.3) is 0 Å². The summed E-state index contributed by atoms with van der Waals surface area (Å²) in [5.74, 6) is 2.87. The molecule has 154 valence electrons. The lowest BCUT2D eigenvalue weighted by atomic mass is 9.78. The lowest BCUT2D eigenvalue weighted by Gasteiger charge is -2.38. The van der Waals surface area contributed by atoms with Crippen molar-refractivity contribution in [3.05, 3.63) is 0 Å². The molecule has 0 bridgehead atoms. The van der Waals surface area contributed by atoms with Gasteiger partial charge in [-0.2, -0.15) is 13.2 Å². The van der Waals surface area contributed by atoms with Gasteiger partial charge in [-0.15, -0.1) is 0 Å². The Balaban J connectivity index is 1.65. The predicted octanol–water partition coefficient (Wildman–Crippen LogP) is 5.43. The molecule has 0 radical (unpaired) electrons. The third-order valence-corrected chi connectivity index (χ3v) is 7.03. The van der Waals surface area contributed by atoms with E-state index in [1.165, 1.54) is 38.8 Å². The minimum absolute atomic E-state index is 0.606. The summed E-state index contributed by atoms with van der Waals surface area (Å²) in [5.41, 5.74) is 0. The van der Waals surface area contributed by atoms with Crippen LogP contribution in [0.4, 0.5) is 13.2 Å². The highest BCUT2D eigenvalue weighted by Gasteiger charge is 2.33. The molecular weight excluding hydrogens is 337 g/mol. The average Bonchev–Trinajstić information content (AvgIpc) is 2.58. The molecule has 2 unspecified atom stereocenters. The molecule has 0 aromatic carbocycles. The topological polar surface area (TPSA) is 6.48 Å². The summed E-state index contributed by atoms with van der Waals surface area (Å²) in [6, 6.07) is 0.662. The SMILES string of the molecule is CC(CCC(C)C1CCN(C(C)C)CC1)C1CCN(CC(F)(F)F)CC1. The van der Waals surface area contributed by atoms with Crippen molar-refractivity contribution in [2.75, 3.05) is 32.7 Å². The normalized spacial score (nSPS) is 24.9. The van der Waals surface area contributed by atoms with Gasteiger partial charge in [0.05, 0.1) is 6.54 Å². The molecule has 0 aromatic heterocycles. The highest BCUT2D eigenvalue weighted by molar-refractivity contribution is 4.80. The summed E-state index contributed by atoms with van der Waals surface area (Å²) in [6.07, 6.45) is 2.95. The van der Waals surface area contributed by atoms with E-state index < -0.39 is 12.7 Å². The number of likely N-dealkylation sites (tertiary alicyclic amines) is 2. The highest BCUT2D eigenvalue weighted by Crippen LogP contribution is 2.33. The Labute approximate surface area is 158 Å². The molecule has 2 nitrogen and oxygen atoms in total. The molecule has 5 heteroatoms. The smallest absolute Gasteiger partial charge is 0.301 e. The third-order valence-electron chi connectivity index (χ3n) is 7.03. The minimum atomic E-state index is -4.06. The van der Waals surface area contributed by atoms with Crippen LogP contribution in [0.3, 0.4) is 0 Å². The first-order valence-corrected chi connectivity index (χ1v) is 10.7. The van der Waals surface area contributed by atoms with Gasteiger partial charge in [-0.3, -0.25) is 4.90 Å². The second-order valence-corrected chi connectivity index (χ2v) is 9.23. The molecule has 2 saturated heterocycles. The Hall–Kier alpha value is -0.290. The Morgan fingerprint density at radius 2 is 1.19 bits per heavy atom. The Morgan fingerprint density at radius 1 is 0.769 bits per heavy atom. The Bertz CT molecular complexity index is 395. The van der Waals surface area contributed by atoms with E-state index in [1.54, 1.807) is 4.90 Å². The molecule has 0 aromatic rings. The molecule has 2 aliphatic rings. The molecule has 0 amide bonds. The zero-order valence-corrected chi connectivity index (χ0v) is 17.2.